The van der Waals surface area contributed by atoms with Crippen molar-refractivity contribution < 1.29 is 0 Å². The van der Waals surface area contributed by atoms with E-state index in [1.807, 2.05) is 25.3 Å². The Morgan fingerprint density at radius 2 is 2.33 bits per heavy atom. The maximum Gasteiger partial charge on any atom is 0.258 e. The number of fused-ring (bicyclic) bond motifs is 1. The fraction of sp³-hybridized carbons (Fsp3) is 0.429. The zero-order valence-electron chi connectivity index (χ0n) is 10.5. The normalized spacial score (nSPS) is 20.2. The number of rotatable bonds is 1. The molecule has 2 aromatic heterocycles. The molecule has 0 amide bonds. The van der Waals surface area contributed by atoms with Crippen LogP contribution in [0.3, 0.4) is 0 Å². The van der Waals surface area contributed by atoms with E-state index in [4.69, 9.17) is 0 Å². The molecule has 0 bridgehead atoms. The van der Waals surface area contributed by atoms with Crippen LogP contribution >= 0.6 is 0 Å². The predicted molar refractivity (Wildman–Crippen MR) is 71.0 cm³/mol. The zero-order valence-corrected chi connectivity index (χ0v) is 10.5. The molecule has 4 heteroatoms. The highest BCUT2D eigenvalue weighted by atomic mass is 16.1. The highest BCUT2D eigenvalue weighted by Gasteiger charge is 2.17. The Morgan fingerprint density at radius 3 is 3.11 bits per heavy atom. The number of aromatic nitrogens is 2. The van der Waals surface area contributed by atoms with Crippen LogP contribution in [-0.4, -0.2) is 22.5 Å². The monoisotopic (exact) mass is 243 g/mol. The van der Waals surface area contributed by atoms with E-state index in [2.05, 4.69) is 10.3 Å². The summed E-state index contributed by atoms with van der Waals surface area (Å²) < 4.78 is 1.62. The van der Waals surface area contributed by atoms with E-state index in [0.717, 1.165) is 42.8 Å². The number of piperidine rings is 1. The van der Waals surface area contributed by atoms with E-state index < -0.39 is 0 Å². The highest BCUT2D eigenvalue weighted by Crippen LogP contribution is 2.20. The number of hydrogen-bond donors (Lipinski definition) is 1. The first-order valence-corrected chi connectivity index (χ1v) is 6.45. The molecule has 0 radical (unpaired) electrons. The molecule has 3 heterocycles. The zero-order chi connectivity index (χ0) is 12.5. The third kappa shape index (κ3) is 2.04. The number of nitrogens with zero attached hydrogens (tertiary/aromatic N) is 2. The Morgan fingerprint density at radius 1 is 1.44 bits per heavy atom. The van der Waals surface area contributed by atoms with Crippen LogP contribution in [0.5, 0.6) is 0 Å². The van der Waals surface area contributed by atoms with Crippen LogP contribution in [0.25, 0.3) is 5.65 Å². The molecule has 0 spiro atoms. The van der Waals surface area contributed by atoms with Gasteiger partial charge in [-0.05, 0) is 37.9 Å². The molecule has 1 fully saturated rings. The van der Waals surface area contributed by atoms with Gasteiger partial charge in [-0.1, -0.05) is 6.07 Å². The summed E-state index contributed by atoms with van der Waals surface area (Å²) >= 11 is 0. The number of aryl methyl sites for hydroxylation is 1. The van der Waals surface area contributed by atoms with Gasteiger partial charge in [0.05, 0.1) is 5.69 Å². The van der Waals surface area contributed by atoms with Crippen molar-refractivity contribution >= 4 is 5.65 Å². The standard InChI is InChI=1S/C14H17N3O/c1-10-4-5-13-16-12(7-14(18)17(13)9-10)11-3-2-6-15-8-11/h4-5,7,9,11,15H,2-3,6,8H2,1H3. The van der Waals surface area contributed by atoms with Gasteiger partial charge in [0.15, 0.2) is 0 Å². The second-order valence-corrected chi connectivity index (χ2v) is 5.00. The lowest BCUT2D eigenvalue weighted by Gasteiger charge is -2.22. The van der Waals surface area contributed by atoms with E-state index in [9.17, 15) is 4.79 Å². The van der Waals surface area contributed by atoms with Crippen LogP contribution in [0.4, 0.5) is 0 Å². The molecule has 3 rings (SSSR count). The quantitative estimate of drug-likeness (QED) is 0.825. The molecule has 1 aliphatic rings. The Balaban J connectivity index is 2.09. The van der Waals surface area contributed by atoms with Crippen LogP contribution in [-0.2, 0) is 0 Å². The average Bonchev–Trinajstić information content (AvgIpc) is 2.40. The predicted octanol–water partition coefficient (Wildman–Crippen LogP) is 1.47. The first-order chi connectivity index (χ1) is 8.74. The lowest BCUT2D eigenvalue weighted by Crippen LogP contribution is -2.30. The van der Waals surface area contributed by atoms with Gasteiger partial charge in [-0.2, -0.15) is 0 Å². The Bertz CT molecular complexity index is 626. The Hall–Kier alpha value is -1.68. The van der Waals surface area contributed by atoms with E-state index >= 15 is 0 Å². The van der Waals surface area contributed by atoms with Crippen molar-refractivity contribution in [2.45, 2.75) is 25.7 Å². The van der Waals surface area contributed by atoms with Crippen molar-refractivity contribution in [1.82, 2.24) is 14.7 Å². The lowest BCUT2D eigenvalue weighted by molar-refractivity contribution is 0.454. The van der Waals surface area contributed by atoms with Crippen molar-refractivity contribution in [1.29, 1.82) is 0 Å². The molecule has 1 saturated heterocycles. The van der Waals surface area contributed by atoms with Crippen molar-refractivity contribution in [3.8, 4) is 0 Å². The summed E-state index contributed by atoms with van der Waals surface area (Å²) in [4.78, 5) is 16.7. The summed E-state index contributed by atoms with van der Waals surface area (Å²) in [5, 5.41) is 3.36. The van der Waals surface area contributed by atoms with Gasteiger partial charge in [-0.25, -0.2) is 4.98 Å². The lowest BCUT2D eigenvalue weighted by atomic mass is 9.96. The molecule has 18 heavy (non-hydrogen) atoms. The average molecular weight is 243 g/mol. The second kappa shape index (κ2) is 4.53. The molecule has 0 aromatic carbocycles. The fourth-order valence-corrected chi connectivity index (χ4v) is 2.54. The summed E-state index contributed by atoms with van der Waals surface area (Å²) in [6, 6.07) is 5.59. The van der Waals surface area contributed by atoms with Crippen molar-refractivity contribution in [3.05, 3.63) is 46.0 Å². The molecular weight excluding hydrogens is 226 g/mol. The van der Waals surface area contributed by atoms with Gasteiger partial charge in [-0.15, -0.1) is 0 Å². The van der Waals surface area contributed by atoms with Crippen molar-refractivity contribution in [3.63, 3.8) is 0 Å². The van der Waals surface area contributed by atoms with Crippen molar-refractivity contribution in [2.75, 3.05) is 13.1 Å². The van der Waals surface area contributed by atoms with Crippen LogP contribution in [0.1, 0.15) is 30.0 Å². The maximum absolute atomic E-state index is 12.1. The largest absolute Gasteiger partial charge is 0.316 e. The SMILES string of the molecule is Cc1ccc2nc(C3CCCNC3)cc(=O)n2c1. The second-order valence-electron chi connectivity index (χ2n) is 5.00. The first kappa shape index (κ1) is 11.4. The van der Waals surface area contributed by atoms with Crippen LogP contribution in [0, 0.1) is 6.92 Å². The highest BCUT2D eigenvalue weighted by molar-refractivity contribution is 5.40. The summed E-state index contributed by atoms with van der Waals surface area (Å²) in [7, 11) is 0. The van der Waals surface area contributed by atoms with Crippen LogP contribution in [0.2, 0.25) is 0 Å². The number of hydrogen-bond acceptors (Lipinski definition) is 3. The summed E-state index contributed by atoms with van der Waals surface area (Å²) in [5.41, 5.74) is 2.76. The van der Waals surface area contributed by atoms with Crippen molar-refractivity contribution in [2.24, 2.45) is 0 Å². The van der Waals surface area contributed by atoms with E-state index in [1.54, 1.807) is 10.5 Å². The van der Waals surface area contributed by atoms with Gasteiger partial charge in [0.25, 0.3) is 5.56 Å². The summed E-state index contributed by atoms with van der Waals surface area (Å²) in [6.45, 7) is 3.97. The van der Waals surface area contributed by atoms with Gasteiger partial charge in [0.2, 0.25) is 0 Å². The molecule has 2 aromatic rings. The molecule has 94 valence electrons. The molecule has 1 aliphatic heterocycles. The third-order valence-corrected chi connectivity index (χ3v) is 3.54. The van der Waals surface area contributed by atoms with E-state index in [0.29, 0.717) is 5.92 Å². The van der Waals surface area contributed by atoms with Gasteiger partial charge in [-0.3, -0.25) is 9.20 Å². The smallest absolute Gasteiger partial charge is 0.258 e. The minimum absolute atomic E-state index is 0.0178. The third-order valence-electron chi connectivity index (χ3n) is 3.54. The maximum atomic E-state index is 12.1. The molecule has 1 atom stereocenters. The van der Waals surface area contributed by atoms with Gasteiger partial charge < -0.3 is 5.32 Å². The van der Waals surface area contributed by atoms with Crippen LogP contribution in [0.15, 0.2) is 29.2 Å². The van der Waals surface area contributed by atoms with Crippen LogP contribution < -0.4 is 10.9 Å². The van der Waals surface area contributed by atoms with Gasteiger partial charge in [0, 0.05) is 24.7 Å². The molecule has 0 saturated carbocycles. The van der Waals surface area contributed by atoms with Gasteiger partial charge in [0.1, 0.15) is 5.65 Å². The number of pyridine rings is 1. The van der Waals surface area contributed by atoms with E-state index in [1.165, 1.54) is 0 Å². The molecule has 1 unspecified atom stereocenters. The fourth-order valence-electron chi connectivity index (χ4n) is 2.54. The molecule has 1 N–H and O–H groups in total. The minimum atomic E-state index is 0.0178. The molecule has 4 nitrogen and oxygen atoms in total. The summed E-state index contributed by atoms with van der Waals surface area (Å²) in [6.07, 6.45) is 4.11. The van der Waals surface area contributed by atoms with Gasteiger partial charge >= 0.3 is 0 Å². The summed E-state index contributed by atoms with van der Waals surface area (Å²) in [5.74, 6) is 0.373. The topological polar surface area (TPSA) is 46.4 Å². The Labute approximate surface area is 106 Å². The minimum Gasteiger partial charge on any atom is -0.316 e. The van der Waals surface area contributed by atoms with E-state index in [-0.39, 0.29) is 5.56 Å². The molecule has 0 aliphatic carbocycles. The Kier molecular flexibility index (Phi) is 2.88. The first-order valence-electron chi connectivity index (χ1n) is 6.45. The molecular formula is C14H17N3O. The number of nitrogens with one attached hydrogen (secondary N) is 1.